The average molecular weight is 678 g/mol. The molecule has 7 nitrogen and oxygen atoms in total. The Morgan fingerprint density at radius 3 is 2.25 bits per heavy atom. The molecule has 4 aromatic carbocycles. The summed E-state index contributed by atoms with van der Waals surface area (Å²) < 4.78 is 52.4. The van der Waals surface area contributed by atoms with Crippen LogP contribution in [0.4, 0.5) is 13.2 Å². The number of halogens is 4. The molecule has 1 saturated carbocycles. The third-order valence-corrected chi connectivity index (χ3v) is 8.46. The molecule has 6 rings (SSSR count). The van der Waals surface area contributed by atoms with E-state index in [0.717, 1.165) is 49.8 Å². The van der Waals surface area contributed by atoms with E-state index >= 15 is 4.39 Å². The number of rotatable bonds is 9. The van der Waals surface area contributed by atoms with E-state index in [1.807, 2.05) is 18.4 Å². The minimum atomic E-state index is -1.07. The average Bonchev–Trinajstić information content (AvgIpc) is 3.42. The van der Waals surface area contributed by atoms with Crippen molar-refractivity contribution < 1.29 is 32.6 Å². The van der Waals surface area contributed by atoms with Gasteiger partial charge in [-0.3, -0.25) is 4.79 Å². The Bertz CT molecular complexity index is 1990. The van der Waals surface area contributed by atoms with Crippen LogP contribution in [0.3, 0.4) is 0 Å². The summed E-state index contributed by atoms with van der Waals surface area (Å²) in [5.74, 6) is -2.84. The van der Waals surface area contributed by atoms with Gasteiger partial charge in [0.05, 0.1) is 22.2 Å². The molecule has 1 amide bonds. The standard InChI is InChI=1S/C37H34F3N3O4.ClH/c1-21(2)41-36(44)22-8-12-28(29-13-10-25(38)18-31(29)39)24(16-22)20-47-27-11-14-30(32(40)19-27)35-42-33-17-23(37(45)46)9-15-34(33)43(35)26-6-4-3-5-7-26;/h8-19,21,26H,3-7,20H2,1-2H3,(H,41,44)(H,45,46);1H. The van der Waals surface area contributed by atoms with E-state index < -0.39 is 23.4 Å². The van der Waals surface area contributed by atoms with E-state index in [4.69, 9.17) is 9.72 Å². The maximum atomic E-state index is 15.9. The van der Waals surface area contributed by atoms with Gasteiger partial charge in [0.1, 0.15) is 35.6 Å². The van der Waals surface area contributed by atoms with Gasteiger partial charge in [-0.1, -0.05) is 25.3 Å². The van der Waals surface area contributed by atoms with Crippen molar-refractivity contribution in [3.63, 3.8) is 0 Å². The number of hydrogen-bond donors (Lipinski definition) is 2. The van der Waals surface area contributed by atoms with E-state index in [1.54, 1.807) is 36.4 Å². The number of amides is 1. The van der Waals surface area contributed by atoms with Crippen LogP contribution in [-0.2, 0) is 6.61 Å². The van der Waals surface area contributed by atoms with Crippen molar-refractivity contribution in [1.82, 2.24) is 14.9 Å². The highest BCUT2D eigenvalue weighted by molar-refractivity contribution is 5.95. The quantitative estimate of drug-likeness (QED) is 0.162. The third kappa shape index (κ3) is 7.18. The number of fused-ring (bicyclic) bond motifs is 1. The van der Waals surface area contributed by atoms with Gasteiger partial charge in [0.15, 0.2) is 0 Å². The molecule has 250 valence electrons. The second-order valence-corrected chi connectivity index (χ2v) is 12.2. The van der Waals surface area contributed by atoms with Crippen molar-refractivity contribution >= 4 is 35.3 Å². The predicted molar refractivity (Wildman–Crippen MR) is 180 cm³/mol. The lowest BCUT2D eigenvalue weighted by Crippen LogP contribution is -2.30. The van der Waals surface area contributed by atoms with Gasteiger partial charge >= 0.3 is 5.97 Å². The summed E-state index contributed by atoms with van der Waals surface area (Å²) in [7, 11) is 0. The van der Waals surface area contributed by atoms with E-state index in [9.17, 15) is 23.5 Å². The first-order valence-corrected chi connectivity index (χ1v) is 15.7. The first-order valence-electron chi connectivity index (χ1n) is 15.7. The second-order valence-electron chi connectivity index (χ2n) is 12.2. The molecule has 5 aromatic rings. The molecule has 0 unspecified atom stereocenters. The summed E-state index contributed by atoms with van der Waals surface area (Å²) in [6, 6.07) is 17.2. The lowest BCUT2D eigenvalue weighted by Gasteiger charge is -2.25. The summed E-state index contributed by atoms with van der Waals surface area (Å²) in [6.07, 6.45) is 5.02. The van der Waals surface area contributed by atoms with Gasteiger partial charge in [0.25, 0.3) is 5.91 Å². The van der Waals surface area contributed by atoms with E-state index in [2.05, 4.69) is 5.32 Å². The molecule has 1 aliphatic carbocycles. The largest absolute Gasteiger partial charge is 0.489 e. The molecule has 0 bridgehead atoms. The molecular weight excluding hydrogens is 643 g/mol. The van der Waals surface area contributed by atoms with Gasteiger partial charge in [-0.2, -0.15) is 0 Å². The minimum Gasteiger partial charge on any atom is -0.489 e. The molecular formula is C37H35ClF3N3O4. The summed E-state index contributed by atoms with van der Waals surface area (Å²) >= 11 is 0. The molecule has 1 heterocycles. The van der Waals surface area contributed by atoms with Crippen LogP contribution >= 0.6 is 12.4 Å². The van der Waals surface area contributed by atoms with Crippen LogP contribution in [0.5, 0.6) is 5.75 Å². The number of nitrogens with zero attached hydrogens (tertiary/aromatic N) is 2. The number of carboxylic acid groups (broad SMARTS) is 1. The number of carbonyl (C=O) groups is 2. The molecule has 0 radical (unpaired) electrons. The van der Waals surface area contributed by atoms with Crippen molar-refractivity contribution in [3.8, 4) is 28.3 Å². The fourth-order valence-electron chi connectivity index (χ4n) is 6.23. The number of aromatic nitrogens is 2. The van der Waals surface area contributed by atoms with Gasteiger partial charge in [-0.25, -0.2) is 22.9 Å². The number of aromatic carboxylic acids is 1. The molecule has 1 fully saturated rings. The zero-order valence-electron chi connectivity index (χ0n) is 26.4. The number of carboxylic acids is 1. The molecule has 0 aliphatic heterocycles. The van der Waals surface area contributed by atoms with Crippen molar-refractivity contribution in [2.75, 3.05) is 0 Å². The van der Waals surface area contributed by atoms with Crippen molar-refractivity contribution in [3.05, 3.63) is 107 Å². The van der Waals surface area contributed by atoms with E-state index in [0.29, 0.717) is 28.0 Å². The lowest BCUT2D eigenvalue weighted by atomic mass is 9.94. The summed E-state index contributed by atoms with van der Waals surface area (Å²) in [4.78, 5) is 29.1. The lowest BCUT2D eigenvalue weighted by molar-refractivity contribution is 0.0696. The number of benzene rings is 4. The molecule has 48 heavy (non-hydrogen) atoms. The number of ether oxygens (including phenoxy) is 1. The van der Waals surface area contributed by atoms with Crippen LogP contribution in [-0.4, -0.2) is 32.6 Å². The van der Waals surface area contributed by atoms with Gasteiger partial charge < -0.3 is 19.7 Å². The van der Waals surface area contributed by atoms with Gasteiger partial charge in [-0.15, -0.1) is 12.4 Å². The second kappa shape index (κ2) is 14.5. The fourth-order valence-corrected chi connectivity index (χ4v) is 6.23. The normalized spacial score (nSPS) is 13.4. The number of imidazole rings is 1. The Morgan fingerprint density at radius 1 is 0.875 bits per heavy atom. The Morgan fingerprint density at radius 2 is 1.56 bits per heavy atom. The number of carbonyl (C=O) groups excluding carboxylic acids is 1. The first-order chi connectivity index (χ1) is 22.6. The highest BCUT2D eigenvalue weighted by atomic mass is 35.5. The molecule has 0 spiro atoms. The SMILES string of the molecule is CC(C)NC(=O)c1ccc(-c2ccc(F)cc2F)c(COc2ccc(-c3nc4cc(C(=O)O)ccc4n3C3CCCCC3)c(F)c2)c1.Cl. The Labute approximate surface area is 282 Å². The predicted octanol–water partition coefficient (Wildman–Crippen LogP) is 9.13. The van der Waals surface area contributed by atoms with E-state index in [1.165, 1.54) is 24.3 Å². The van der Waals surface area contributed by atoms with Crippen LogP contribution in [0.2, 0.25) is 0 Å². The van der Waals surface area contributed by atoms with Gasteiger partial charge in [-0.05, 0) is 92.4 Å². The van der Waals surface area contributed by atoms with Crippen LogP contribution in [0, 0.1) is 17.5 Å². The summed E-state index contributed by atoms with van der Waals surface area (Å²) in [5.41, 5.74) is 2.90. The maximum Gasteiger partial charge on any atom is 0.335 e. The van der Waals surface area contributed by atoms with Gasteiger partial charge in [0.2, 0.25) is 0 Å². The Kier molecular flexibility index (Phi) is 10.4. The zero-order valence-corrected chi connectivity index (χ0v) is 27.3. The topological polar surface area (TPSA) is 93.4 Å². The Hall–Kier alpha value is -4.83. The van der Waals surface area contributed by atoms with Crippen molar-refractivity contribution in [1.29, 1.82) is 0 Å². The van der Waals surface area contributed by atoms with Gasteiger partial charge in [0, 0.05) is 35.3 Å². The summed E-state index contributed by atoms with van der Waals surface area (Å²) in [5, 5.41) is 12.3. The smallest absolute Gasteiger partial charge is 0.335 e. The van der Waals surface area contributed by atoms with Crippen LogP contribution < -0.4 is 10.1 Å². The monoisotopic (exact) mass is 677 g/mol. The summed E-state index contributed by atoms with van der Waals surface area (Å²) in [6.45, 7) is 3.53. The molecule has 0 atom stereocenters. The van der Waals surface area contributed by atoms with Crippen LogP contribution in [0.1, 0.15) is 78.3 Å². The highest BCUT2D eigenvalue weighted by Crippen LogP contribution is 2.38. The zero-order chi connectivity index (χ0) is 33.2. The van der Waals surface area contributed by atoms with Crippen LogP contribution in [0.25, 0.3) is 33.5 Å². The maximum absolute atomic E-state index is 15.9. The van der Waals surface area contributed by atoms with E-state index in [-0.39, 0.29) is 59.4 Å². The molecule has 0 saturated heterocycles. The molecule has 2 N–H and O–H groups in total. The Balaban J connectivity index is 0.00000451. The minimum absolute atomic E-state index is 0. The molecule has 11 heteroatoms. The molecule has 1 aromatic heterocycles. The van der Waals surface area contributed by atoms with Crippen molar-refractivity contribution in [2.45, 2.75) is 64.6 Å². The fraction of sp³-hybridized carbons (Fsp3) is 0.270. The number of hydrogen-bond acceptors (Lipinski definition) is 4. The van der Waals surface area contributed by atoms with Crippen molar-refractivity contribution in [2.24, 2.45) is 0 Å². The highest BCUT2D eigenvalue weighted by Gasteiger charge is 2.25. The first kappa shape index (κ1) is 34.5. The number of nitrogens with one attached hydrogen (secondary N) is 1. The third-order valence-electron chi connectivity index (χ3n) is 8.46. The van der Waals surface area contributed by atoms with Crippen LogP contribution in [0.15, 0.2) is 72.8 Å². The molecule has 1 aliphatic rings.